The molecule has 1 radical (unpaired) electrons. The molecule has 0 fully saturated rings. The Hall–Kier alpha value is -4.44. The smallest absolute Gasteiger partial charge is 0.216 e. The Kier molecular flexibility index (Phi) is 7.63. The van der Waals surface area contributed by atoms with Crippen LogP contribution in [0.15, 0.2) is 120 Å². The van der Waals surface area contributed by atoms with Crippen LogP contribution < -0.4 is 0 Å². The largest absolute Gasteiger partial charge is 0.486 e. The fourth-order valence-corrected chi connectivity index (χ4v) is 4.64. The molecule has 0 bridgehead atoms. The maximum Gasteiger partial charge on any atom is 0.216 e. The molecule has 0 spiro atoms. The monoisotopic (exact) mass is 757 g/mol. The number of hydrogen-bond donors (Lipinski definition) is 0. The molecule has 4 heterocycles. The van der Waals surface area contributed by atoms with E-state index in [2.05, 4.69) is 47.9 Å². The molecule has 0 amide bonds. The third kappa shape index (κ3) is 7.02. The summed E-state index contributed by atoms with van der Waals surface area (Å²) >= 11 is 0. The molecule has 0 aliphatic heterocycles. The third-order valence-corrected chi connectivity index (χ3v) is 6.98. The molecule has 44 heavy (non-hydrogen) atoms. The molecule has 0 atom stereocenters. The van der Waals surface area contributed by atoms with Crippen molar-refractivity contribution in [1.82, 2.24) is 15.0 Å². The average Bonchev–Trinajstić information content (AvgIpc) is 3.47. The van der Waals surface area contributed by atoms with Crippen LogP contribution in [0.3, 0.4) is 0 Å². The molecule has 0 aliphatic rings. The molecule has 4 aromatic heterocycles. The number of aromatic nitrogens is 3. The number of rotatable bonds is 4. The second kappa shape index (κ2) is 13.5. The van der Waals surface area contributed by atoms with Gasteiger partial charge < -0.3 is 14.4 Å². The Labute approximate surface area is 279 Å². The number of aryl methyl sites for hydroxylation is 1. The molecule has 0 aliphatic carbocycles. The van der Waals surface area contributed by atoms with Gasteiger partial charge in [0.25, 0.3) is 0 Å². The van der Waals surface area contributed by atoms with Crippen LogP contribution >= 0.6 is 0 Å². The number of benzene rings is 3. The van der Waals surface area contributed by atoms with Gasteiger partial charge in [-0.15, -0.1) is 53.6 Å². The zero-order valence-electron chi connectivity index (χ0n) is 29.6. The van der Waals surface area contributed by atoms with Crippen molar-refractivity contribution in [2.24, 2.45) is 0 Å². The number of pyridine rings is 3. The summed E-state index contributed by atoms with van der Waals surface area (Å²) in [5.74, 6) is 0. The van der Waals surface area contributed by atoms with E-state index >= 15 is 0 Å². The summed E-state index contributed by atoms with van der Waals surface area (Å²) in [6, 6.07) is 37.2. The minimum Gasteiger partial charge on any atom is -0.486 e. The van der Waals surface area contributed by atoms with E-state index in [0.717, 1.165) is 33.3 Å². The van der Waals surface area contributed by atoms with Crippen molar-refractivity contribution in [3.63, 3.8) is 0 Å². The Morgan fingerprint density at radius 1 is 0.818 bits per heavy atom. The summed E-state index contributed by atoms with van der Waals surface area (Å²) in [7, 11) is 0. The predicted molar refractivity (Wildman–Crippen MR) is 175 cm³/mol. The van der Waals surface area contributed by atoms with Gasteiger partial charge in [-0.1, -0.05) is 93.2 Å². The molecule has 0 N–H and O–H groups in total. The van der Waals surface area contributed by atoms with Crippen molar-refractivity contribution < 1.29 is 31.4 Å². The number of nitrogens with zero attached hydrogens (tertiary/aromatic N) is 3. The number of hydrogen-bond acceptors (Lipinski definition) is 4. The van der Waals surface area contributed by atoms with Crippen LogP contribution in [0.25, 0.3) is 44.6 Å². The van der Waals surface area contributed by atoms with Crippen LogP contribution in [0.5, 0.6) is 0 Å². The van der Waals surface area contributed by atoms with Crippen LogP contribution in [-0.4, -0.2) is 15.0 Å². The van der Waals surface area contributed by atoms with Gasteiger partial charge in [-0.05, 0) is 46.1 Å². The summed E-state index contributed by atoms with van der Waals surface area (Å²) in [5.41, 5.74) is 6.61. The fourth-order valence-electron chi connectivity index (χ4n) is 4.64. The van der Waals surface area contributed by atoms with Crippen molar-refractivity contribution >= 4 is 22.1 Å². The fraction of sp³-hybridized carbons (Fsp3) is 0.154. The molecule has 0 unspecified atom stereocenters. The first-order chi connectivity index (χ1) is 22.8. The second-order valence-electron chi connectivity index (χ2n) is 11.1. The predicted octanol–water partition coefficient (Wildman–Crippen LogP) is 9.59. The molecule has 3 aromatic carbocycles. The zero-order chi connectivity index (χ0) is 34.1. The SMILES string of the molecule is [2H]C([2H])([2H])c1c[c-]c(-c2ccc(C(C)(C)C)cn2)cc1.[2H]C([2H])(c1ccccc1)c1ccc2c(n1)oc1c(-c3ccccn3)[c-]ccc12.[Ir]. The second-order valence-corrected chi connectivity index (χ2v) is 11.1. The summed E-state index contributed by atoms with van der Waals surface area (Å²) < 4.78 is 45.2. The molecular weight excluding hydrogens is 719 g/mol. The maximum absolute atomic E-state index is 8.54. The average molecular weight is 757 g/mol. The topological polar surface area (TPSA) is 51.8 Å². The van der Waals surface area contributed by atoms with Crippen molar-refractivity contribution in [3.05, 3.63) is 150 Å². The standard InChI is InChI=1S/C23H15N2O.C16H18N.Ir/c1-2-7-16(8-3-1)15-17-12-13-19-18-9-6-10-20(21-11-4-5-14-24-21)22(18)26-23(19)25-17;1-12-5-7-13(8-6-12)15-10-9-14(11-17-15)16(2,3)4;/h1-9,11-14H,15H2;5-7,9-11H,1-4H3;/q2*-1;/i15D2;1D3;. The molecular formula is C39H33IrN3O-2. The molecule has 4 nitrogen and oxygen atoms in total. The van der Waals surface area contributed by atoms with E-state index in [1.54, 1.807) is 36.5 Å². The molecule has 5 heteroatoms. The van der Waals surface area contributed by atoms with E-state index in [0.29, 0.717) is 28.1 Å². The molecule has 0 saturated carbocycles. The van der Waals surface area contributed by atoms with E-state index in [4.69, 9.17) is 11.3 Å². The molecule has 221 valence electrons. The first-order valence-electron chi connectivity index (χ1n) is 16.5. The molecule has 7 aromatic rings. The first-order valence-corrected chi connectivity index (χ1v) is 14.0. The Morgan fingerprint density at radius 3 is 2.34 bits per heavy atom. The van der Waals surface area contributed by atoms with Gasteiger partial charge in [0.05, 0.1) is 5.58 Å². The van der Waals surface area contributed by atoms with Gasteiger partial charge >= 0.3 is 0 Å². The number of fused-ring (bicyclic) bond motifs is 3. The van der Waals surface area contributed by atoms with Crippen LogP contribution in [-0.2, 0) is 31.9 Å². The van der Waals surface area contributed by atoms with E-state index in [1.807, 2.05) is 72.9 Å². The van der Waals surface area contributed by atoms with E-state index < -0.39 is 13.2 Å². The van der Waals surface area contributed by atoms with E-state index in [-0.39, 0.29) is 25.5 Å². The summed E-state index contributed by atoms with van der Waals surface area (Å²) in [6.45, 7) is 4.33. The Balaban J connectivity index is 0.000000199. The normalized spacial score (nSPS) is 13.4. The molecule has 7 rings (SSSR count). The van der Waals surface area contributed by atoms with Crippen molar-refractivity contribution in [2.45, 2.75) is 39.4 Å². The Morgan fingerprint density at radius 2 is 1.66 bits per heavy atom. The van der Waals surface area contributed by atoms with Gasteiger partial charge in [0.1, 0.15) is 0 Å². The summed E-state index contributed by atoms with van der Waals surface area (Å²) in [6.07, 6.45) is 1.88. The van der Waals surface area contributed by atoms with Gasteiger partial charge in [-0.2, -0.15) is 0 Å². The van der Waals surface area contributed by atoms with Crippen LogP contribution in [0, 0.1) is 19.0 Å². The van der Waals surface area contributed by atoms with Gasteiger partial charge in [0.2, 0.25) is 5.71 Å². The van der Waals surface area contributed by atoms with Crippen molar-refractivity contribution in [3.8, 4) is 22.5 Å². The van der Waals surface area contributed by atoms with Gasteiger partial charge in [-0.3, -0.25) is 0 Å². The summed E-state index contributed by atoms with van der Waals surface area (Å²) in [5, 5.41) is 1.75. The maximum atomic E-state index is 8.54. The van der Waals surface area contributed by atoms with Crippen LogP contribution in [0.4, 0.5) is 0 Å². The van der Waals surface area contributed by atoms with Crippen LogP contribution in [0.1, 0.15) is 50.0 Å². The quantitative estimate of drug-likeness (QED) is 0.168. The van der Waals surface area contributed by atoms with Crippen LogP contribution in [0.2, 0.25) is 0 Å². The van der Waals surface area contributed by atoms with Gasteiger partial charge in [0.15, 0.2) is 0 Å². The minimum atomic E-state index is -2.08. The van der Waals surface area contributed by atoms with E-state index in [9.17, 15) is 0 Å². The van der Waals surface area contributed by atoms with Gasteiger partial charge in [0, 0.05) is 56.8 Å². The van der Waals surface area contributed by atoms with E-state index in [1.165, 1.54) is 11.6 Å². The third-order valence-electron chi connectivity index (χ3n) is 6.98. The molecule has 0 saturated heterocycles. The van der Waals surface area contributed by atoms with Crippen molar-refractivity contribution in [1.29, 1.82) is 0 Å². The summed E-state index contributed by atoms with van der Waals surface area (Å²) in [4.78, 5) is 13.3. The zero-order valence-corrected chi connectivity index (χ0v) is 26.9. The minimum absolute atomic E-state index is 0. The number of furan rings is 1. The van der Waals surface area contributed by atoms with Gasteiger partial charge in [-0.25, -0.2) is 4.98 Å². The Bertz CT molecular complexity index is 2110. The first kappa shape index (κ1) is 24.9. The van der Waals surface area contributed by atoms with Crippen molar-refractivity contribution in [2.75, 3.05) is 0 Å².